The monoisotopic (exact) mass is 526 g/mol. The molecule has 0 spiro atoms. The number of amides is 2. The van der Waals surface area contributed by atoms with Gasteiger partial charge in [-0.15, -0.1) is 0 Å². The summed E-state index contributed by atoms with van der Waals surface area (Å²) in [6.45, 7) is 9.18. The van der Waals surface area contributed by atoms with E-state index in [-0.39, 0.29) is 35.0 Å². The number of nitrogens with one attached hydrogen (secondary N) is 3. The van der Waals surface area contributed by atoms with Crippen LogP contribution in [0.4, 0.5) is 0 Å². The number of imidazole rings is 1. The lowest BCUT2D eigenvalue weighted by Crippen LogP contribution is -2.37. The van der Waals surface area contributed by atoms with Gasteiger partial charge in [0, 0.05) is 37.0 Å². The smallest absolute Gasteiger partial charge is 0.270 e. The van der Waals surface area contributed by atoms with Gasteiger partial charge in [-0.1, -0.05) is 64.1 Å². The third-order valence-electron chi connectivity index (χ3n) is 7.83. The van der Waals surface area contributed by atoms with Crippen molar-refractivity contribution >= 4 is 22.8 Å². The van der Waals surface area contributed by atoms with Crippen LogP contribution in [0.1, 0.15) is 79.9 Å². The van der Waals surface area contributed by atoms with Gasteiger partial charge in [-0.25, -0.2) is 4.98 Å². The van der Waals surface area contributed by atoms with E-state index in [0.29, 0.717) is 18.1 Å². The highest BCUT2D eigenvalue weighted by Gasteiger charge is 2.33. The van der Waals surface area contributed by atoms with Crippen LogP contribution in [0.3, 0.4) is 0 Å². The number of aryl methyl sites for hydroxylation is 1. The first-order valence-electron chi connectivity index (χ1n) is 13.8. The summed E-state index contributed by atoms with van der Waals surface area (Å²) >= 11 is 0. The van der Waals surface area contributed by atoms with E-state index < -0.39 is 6.04 Å². The lowest BCUT2D eigenvalue weighted by Gasteiger charge is -2.30. The Balaban J connectivity index is 1.49. The van der Waals surface area contributed by atoms with Crippen LogP contribution in [0.15, 0.2) is 60.8 Å². The van der Waals surface area contributed by atoms with Gasteiger partial charge in [-0.2, -0.15) is 5.10 Å². The average molecular weight is 527 g/mol. The van der Waals surface area contributed by atoms with Gasteiger partial charge in [0.2, 0.25) is 5.91 Å². The summed E-state index contributed by atoms with van der Waals surface area (Å²) < 4.78 is 1.58. The molecule has 204 valence electrons. The zero-order valence-corrected chi connectivity index (χ0v) is 23.4. The summed E-state index contributed by atoms with van der Waals surface area (Å²) in [7, 11) is 1.76. The molecule has 1 aliphatic carbocycles. The van der Waals surface area contributed by atoms with Crippen molar-refractivity contribution in [1.82, 2.24) is 30.4 Å². The van der Waals surface area contributed by atoms with Crippen LogP contribution < -0.4 is 10.6 Å². The predicted octanol–water partition coefficient (Wildman–Crippen LogP) is 5.01. The van der Waals surface area contributed by atoms with Crippen molar-refractivity contribution in [2.24, 2.45) is 18.9 Å². The molecule has 3 N–H and O–H groups in total. The Hall–Kier alpha value is -3.94. The maximum absolute atomic E-state index is 13.4. The van der Waals surface area contributed by atoms with Crippen LogP contribution in [0.2, 0.25) is 0 Å². The van der Waals surface area contributed by atoms with Crippen LogP contribution in [0.5, 0.6) is 0 Å². The molecular weight excluding hydrogens is 488 g/mol. The van der Waals surface area contributed by atoms with Crippen molar-refractivity contribution in [3.05, 3.63) is 83.4 Å². The molecule has 0 radical (unpaired) electrons. The molecule has 8 nitrogen and oxygen atoms in total. The fraction of sp³-hybridized carbons (Fsp3) is 0.419. The number of hydrogen-bond donors (Lipinski definition) is 3. The summed E-state index contributed by atoms with van der Waals surface area (Å²) in [6.07, 6.45) is 3.61. The SMILES string of the molecule is CC(C)C(c1ccccc1)C(NC(=O)c1ccnn1C)c1nc2ccc(C(C)(C)CNC(=O)C3CC3)cc2[nH]1. The van der Waals surface area contributed by atoms with Gasteiger partial charge in [0.05, 0.1) is 17.1 Å². The minimum absolute atomic E-state index is 0.0162. The van der Waals surface area contributed by atoms with Gasteiger partial charge < -0.3 is 15.6 Å². The van der Waals surface area contributed by atoms with Gasteiger partial charge in [-0.05, 0) is 48.1 Å². The van der Waals surface area contributed by atoms with Crippen LogP contribution in [-0.4, -0.2) is 38.1 Å². The molecule has 2 aromatic carbocycles. The molecule has 4 aromatic rings. The van der Waals surface area contributed by atoms with Gasteiger partial charge in [0.15, 0.2) is 0 Å². The Morgan fingerprint density at radius 1 is 1.10 bits per heavy atom. The largest absolute Gasteiger partial charge is 0.355 e. The van der Waals surface area contributed by atoms with E-state index in [0.717, 1.165) is 35.0 Å². The van der Waals surface area contributed by atoms with Crippen molar-refractivity contribution in [3.8, 4) is 0 Å². The molecule has 2 amide bonds. The Kier molecular flexibility index (Phi) is 7.30. The molecule has 2 atom stereocenters. The van der Waals surface area contributed by atoms with Gasteiger partial charge >= 0.3 is 0 Å². The highest BCUT2D eigenvalue weighted by Crippen LogP contribution is 2.37. The third kappa shape index (κ3) is 5.75. The summed E-state index contributed by atoms with van der Waals surface area (Å²) in [6, 6.07) is 17.8. The lowest BCUT2D eigenvalue weighted by molar-refractivity contribution is -0.122. The number of carbonyl (C=O) groups excluding carboxylic acids is 2. The minimum Gasteiger partial charge on any atom is -0.355 e. The molecule has 0 bridgehead atoms. The Bertz CT molecular complexity index is 1460. The van der Waals surface area contributed by atoms with Crippen molar-refractivity contribution in [2.75, 3.05) is 6.54 Å². The summed E-state index contributed by atoms with van der Waals surface area (Å²) in [5.41, 5.74) is 4.23. The van der Waals surface area contributed by atoms with Gasteiger partial charge in [-0.3, -0.25) is 14.3 Å². The standard InChI is InChI=1S/C31H38N6O2/c1-19(2)26(20-9-7-6-8-10-20)27(36-30(39)25-15-16-33-37(25)5)28-34-23-14-13-22(17-24(23)35-28)31(3,4)18-32-29(38)21-11-12-21/h6-10,13-17,19,21,26-27H,11-12,18H2,1-5H3,(H,32,38)(H,34,35)(H,36,39). The quantitative estimate of drug-likeness (QED) is 0.270. The molecule has 2 unspecified atom stereocenters. The van der Waals surface area contributed by atoms with Crippen LogP contribution in [0, 0.1) is 11.8 Å². The molecule has 0 saturated heterocycles. The Morgan fingerprint density at radius 3 is 2.49 bits per heavy atom. The van der Waals surface area contributed by atoms with E-state index in [9.17, 15) is 9.59 Å². The van der Waals surface area contributed by atoms with E-state index in [4.69, 9.17) is 4.98 Å². The first-order chi connectivity index (χ1) is 18.6. The van der Waals surface area contributed by atoms with Gasteiger partial charge in [0.25, 0.3) is 5.91 Å². The fourth-order valence-electron chi connectivity index (χ4n) is 5.28. The maximum Gasteiger partial charge on any atom is 0.270 e. The summed E-state index contributed by atoms with van der Waals surface area (Å²) in [4.78, 5) is 34.1. The number of hydrogen-bond acceptors (Lipinski definition) is 4. The van der Waals surface area contributed by atoms with Crippen molar-refractivity contribution in [3.63, 3.8) is 0 Å². The highest BCUT2D eigenvalue weighted by molar-refractivity contribution is 5.92. The second-order valence-electron chi connectivity index (χ2n) is 11.7. The number of nitrogens with zero attached hydrogens (tertiary/aromatic N) is 3. The van der Waals surface area contributed by atoms with Gasteiger partial charge in [0.1, 0.15) is 11.5 Å². The zero-order chi connectivity index (χ0) is 27.7. The van der Waals surface area contributed by atoms with Crippen molar-refractivity contribution in [1.29, 1.82) is 0 Å². The normalized spacial score (nSPS) is 15.3. The molecule has 8 heteroatoms. The van der Waals surface area contributed by atoms with E-state index in [2.05, 4.69) is 72.7 Å². The number of benzene rings is 2. The molecule has 39 heavy (non-hydrogen) atoms. The second kappa shape index (κ2) is 10.7. The van der Waals surface area contributed by atoms with Crippen molar-refractivity contribution < 1.29 is 9.59 Å². The molecule has 2 heterocycles. The summed E-state index contributed by atoms with van der Waals surface area (Å²) in [5.74, 6) is 1.06. The lowest BCUT2D eigenvalue weighted by atomic mass is 9.82. The molecule has 1 aliphatic rings. The second-order valence-corrected chi connectivity index (χ2v) is 11.7. The Labute approximate surface area is 229 Å². The number of carbonyl (C=O) groups is 2. The van der Waals surface area contributed by atoms with Crippen LogP contribution in [-0.2, 0) is 17.3 Å². The molecule has 5 rings (SSSR count). The highest BCUT2D eigenvalue weighted by atomic mass is 16.2. The first-order valence-corrected chi connectivity index (χ1v) is 13.8. The third-order valence-corrected chi connectivity index (χ3v) is 7.83. The van der Waals surface area contributed by atoms with E-state index in [1.165, 1.54) is 0 Å². The average Bonchev–Trinajstić information content (AvgIpc) is 3.53. The fourth-order valence-corrected chi connectivity index (χ4v) is 5.28. The number of H-pyrrole nitrogens is 1. The van der Waals surface area contributed by atoms with Crippen molar-refractivity contribution in [2.45, 2.75) is 57.9 Å². The predicted molar refractivity (Wildman–Crippen MR) is 152 cm³/mol. The number of rotatable bonds is 10. The topological polar surface area (TPSA) is 105 Å². The first kappa shape index (κ1) is 26.7. The Morgan fingerprint density at radius 2 is 1.85 bits per heavy atom. The number of aromatic amines is 1. The molecule has 1 fully saturated rings. The van der Waals surface area contributed by atoms with E-state index in [1.54, 1.807) is 24.0 Å². The molecule has 0 aliphatic heterocycles. The van der Waals surface area contributed by atoms with E-state index >= 15 is 0 Å². The molecule has 1 saturated carbocycles. The number of fused-ring (bicyclic) bond motifs is 1. The zero-order valence-electron chi connectivity index (χ0n) is 23.4. The molecule has 2 aromatic heterocycles. The number of aromatic nitrogens is 4. The van der Waals surface area contributed by atoms with E-state index in [1.807, 2.05) is 24.3 Å². The summed E-state index contributed by atoms with van der Waals surface area (Å²) in [5, 5.41) is 10.6. The van der Waals surface area contributed by atoms with Crippen LogP contribution in [0.25, 0.3) is 11.0 Å². The molecular formula is C31H38N6O2. The van der Waals surface area contributed by atoms with Crippen LogP contribution >= 0.6 is 0 Å². The maximum atomic E-state index is 13.4. The minimum atomic E-state index is -0.392.